The lowest BCUT2D eigenvalue weighted by Crippen LogP contribution is -1.77. The van der Waals surface area contributed by atoms with Crippen LogP contribution in [0.25, 0.3) is 0 Å². The van der Waals surface area contributed by atoms with E-state index in [1.165, 1.54) is 32.1 Å². The molecule has 0 heterocycles. The predicted octanol–water partition coefficient (Wildman–Crippen LogP) is 7.11. The predicted molar refractivity (Wildman–Crippen MR) is 104 cm³/mol. The van der Waals surface area contributed by atoms with Gasteiger partial charge in [-0.2, -0.15) is 0 Å². The molecule has 0 amide bonds. The van der Waals surface area contributed by atoms with Crippen molar-refractivity contribution in [2.75, 3.05) is 0 Å². The van der Waals surface area contributed by atoms with Gasteiger partial charge in [-0.05, 0) is 51.4 Å². The van der Waals surface area contributed by atoms with Crippen LogP contribution in [0.15, 0.2) is 48.6 Å². The highest BCUT2D eigenvalue weighted by Crippen LogP contribution is 2.03. The van der Waals surface area contributed by atoms with Gasteiger partial charge in [-0.15, -0.1) is 0 Å². The summed E-state index contributed by atoms with van der Waals surface area (Å²) >= 11 is 0. The van der Waals surface area contributed by atoms with Crippen LogP contribution in [0.5, 0.6) is 0 Å². The highest BCUT2D eigenvalue weighted by Gasteiger charge is 1.86. The topological polar surface area (TPSA) is 17.1 Å². The van der Waals surface area contributed by atoms with Crippen LogP contribution >= 0.6 is 0 Å². The quantitative estimate of drug-likeness (QED) is 0.168. The van der Waals surface area contributed by atoms with Gasteiger partial charge in [0.15, 0.2) is 0 Å². The average molecular weight is 317 g/mol. The first kappa shape index (κ1) is 21.6. The number of carbonyl (C=O) groups excluding carboxylic acids is 1. The summed E-state index contributed by atoms with van der Waals surface area (Å²) in [6.45, 7) is 2.24. The van der Waals surface area contributed by atoms with E-state index in [1.54, 1.807) is 0 Å². The number of hydrogen-bond donors (Lipinski definition) is 0. The molecule has 0 saturated carbocycles. The first-order valence-corrected chi connectivity index (χ1v) is 9.45. The Morgan fingerprint density at radius 2 is 0.957 bits per heavy atom. The minimum Gasteiger partial charge on any atom is -0.303 e. The minimum atomic E-state index is 0.717. The van der Waals surface area contributed by atoms with E-state index in [0.29, 0.717) is 6.42 Å². The van der Waals surface area contributed by atoms with Crippen LogP contribution in [0.4, 0.5) is 0 Å². The van der Waals surface area contributed by atoms with Gasteiger partial charge in [0.25, 0.3) is 0 Å². The van der Waals surface area contributed by atoms with Gasteiger partial charge in [0, 0.05) is 6.42 Å². The molecule has 0 N–H and O–H groups in total. The van der Waals surface area contributed by atoms with Crippen LogP contribution in [-0.4, -0.2) is 6.29 Å². The fraction of sp³-hybridized carbons (Fsp3) is 0.591. The molecule has 0 aromatic carbocycles. The van der Waals surface area contributed by atoms with Crippen molar-refractivity contribution in [2.24, 2.45) is 0 Å². The van der Waals surface area contributed by atoms with Gasteiger partial charge in [-0.25, -0.2) is 0 Å². The lowest BCUT2D eigenvalue weighted by atomic mass is 10.1. The second-order valence-corrected chi connectivity index (χ2v) is 5.89. The summed E-state index contributed by atoms with van der Waals surface area (Å²) in [6.07, 6.45) is 32.6. The molecule has 0 bridgehead atoms. The van der Waals surface area contributed by atoms with Crippen LogP contribution in [0.2, 0.25) is 0 Å². The summed E-state index contributed by atoms with van der Waals surface area (Å²) in [5.74, 6) is 0. The van der Waals surface area contributed by atoms with E-state index in [4.69, 9.17) is 0 Å². The van der Waals surface area contributed by atoms with E-state index in [-0.39, 0.29) is 0 Å². The highest BCUT2D eigenvalue weighted by molar-refractivity contribution is 5.48. The molecule has 0 aromatic heterocycles. The van der Waals surface area contributed by atoms with Crippen molar-refractivity contribution in [3.63, 3.8) is 0 Å². The monoisotopic (exact) mass is 316 g/mol. The van der Waals surface area contributed by atoms with Crippen molar-refractivity contribution in [2.45, 2.75) is 84.0 Å². The van der Waals surface area contributed by atoms with Crippen molar-refractivity contribution >= 4 is 6.29 Å². The van der Waals surface area contributed by atoms with Gasteiger partial charge < -0.3 is 4.79 Å². The summed E-state index contributed by atoms with van der Waals surface area (Å²) in [5.41, 5.74) is 0. The Kier molecular flexibility index (Phi) is 19.4. The second kappa shape index (κ2) is 20.6. The molecule has 0 unspecified atom stereocenters. The van der Waals surface area contributed by atoms with E-state index in [1.807, 2.05) is 0 Å². The smallest absolute Gasteiger partial charge is 0.119 e. The number of carbonyl (C=O) groups is 1. The normalized spacial score (nSPS) is 12.4. The zero-order valence-corrected chi connectivity index (χ0v) is 15.1. The SMILES string of the molecule is CCCCC/C=C/C/C=C/C/C=C/C/C=C/CCCCCC=O. The van der Waals surface area contributed by atoms with Gasteiger partial charge in [0.2, 0.25) is 0 Å². The third-order valence-electron chi connectivity index (χ3n) is 3.65. The first-order chi connectivity index (χ1) is 11.4. The number of unbranched alkanes of at least 4 members (excludes halogenated alkanes) is 7. The van der Waals surface area contributed by atoms with Crippen LogP contribution in [0.1, 0.15) is 84.0 Å². The number of hydrogen-bond acceptors (Lipinski definition) is 1. The summed E-state index contributed by atoms with van der Waals surface area (Å²) in [7, 11) is 0. The van der Waals surface area contributed by atoms with Crippen LogP contribution in [-0.2, 0) is 4.79 Å². The van der Waals surface area contributed by atoms with Gasteiger partial charge in [0.1, 0.15) is 6.29 Å². The Bertz CT molecular complexity index is 347. The van der Waals surface area contributed by atoms with E-state index in [0.717, 1.165) is 44.8 Å². The zero-order chi connectivity index (χ0) is 16.8. The Balaban J connectivity index is 3.35. The summed E-state index contributed by atoms with van der Waals surface area (Å²) in [4.78, 5) is 10.2. The molecule has 0 saturated heterocycles. The van der Waals surface area contributed by atoms with Crippen molar-refractivity contribution in [1.29, 1.82) is 0 Å². The molecule has 0 aliphatic rings. The number of allylic oxidation sites excluding steroid dienone is 8. The molecule has 0 aliphatic heterocycles. The third kappa shape index (κ3) is 20.6. The van der Waals surface area contributed by atoms with Gasteiger partial charge >= 0.3 is 0 Å². The molecular weight excluding hydrogens is 280 g/mol. The molecule has 130 valence electrons. The maximum absolute atomic E-state index is 10.2. The lowest BCUT2D eigenvalue weighted by molar-refractivity contribution is -0.107. The molecule has 1 heteroatoms. The Morgan fingerprint density at radius 1 is 0.522 bits per heavy atom. The second-order valence-electron chi connectivity index (χ2n) is 5.89. The highest BCUT2D eigenvalue weighted by atomic mass is 16.1. The Labute approximate surface area is 144 Å². The molecule has 0 spiro atoms. The van der Waals surface area contributed by atoms with Gasteiger partial charge in [-0.1, -0.05) is 74.8 Å². The molecular formula is C22H36O. The van der Waals surface area contributed by atoms with E-state index in [9.17, 15) is 4.79 Å². The molecule has 0 atom stereocenters. The molecule has 0 rings (SSSR count). The van der Waals surface area contributed by atoms with E-state index in [2.05, 4.69) is 55.5 Å². The largest absolute Gasteiger partial charge is 0.303 e. The molecule has 1 nitrogen and oxygen atoms in total. The molecule has 23 heavy (non-hydrogen) atoms. The van der Waals surface area contributed by atoms with Crippen LogP contribution < -0.4 is 0 Å². The number of rotatable bonds is 16. The lowest BCUT2D eigenvalue weighted by Gasteiger charge is -1.93. The molecule has 0 aromatic rings. The van der Waals surface area contributed by atoms with Gasteiger partial charge in [0.05, 0.1) is 0 Å². The first-order valence-electron chi connectivity index (χ1n) is 9.45. The van der Waals surface area contributed by atoms with Crippen LogP contribution in [0, 0.1) is 0 Å². The summed E-state index contributed by atoms with van der Waals surface area (Å²) in [5, 5.41) is 0. The third-order valence-corrected chi connectivity index (χ3v) is 3.65. The van der Waals surface area contributed by atoms with Crippen LogP contribution in [0.3, 0.4) is 0 Å². The fourth-order valence-electron chi connectivity index (χ4n) is 2.23. The average Bonchev–Trinajstić information content (AvgIpc) is 2.57. The minimum absolute atomic E-state index is 0.717. The molecule has 0 fully saturated rings. The Hall–Kier alpha value is -1.37. The summed E-state index contributed by atoms with van der Waals surface area (Å²) in [6, 6.07) is 0. The number of aldehydes is 1. The Morgan fingerprint density at radius 3 is 1.43 bits per heavy atom. The maximum Gasteiger partial charge on any atom is 0.119 e. The van der Waals surface area contributed by atoms with E-state index < -0.39 is 0 Å². The zero-order valence-electron chi connectivity index (χ0n) is 15.1. The van der Waals surface area contributed by atoms with Crippen molar-refractivity contribution < 1.29 is 4.79 Å². The molecule has 0 radical (unpaired) electrons. The fourth-order valence-corrected chi connectivity index (χ4v) is 2.23. The van der Waals surface area contributed by atoms with Crippen molar-refractivity contribution in [1.82, 2.24) is 0 Å². The van der Waals surface area contributed by atoms with Crippen molar-refractivity contribution in [3.05, 3.63) is 48.6 Å². The molecule has 0 aliphatic carbocycles. The van der Waals surface area contributed by atoms with Crippen molar-refractivity contribution in [3.8, 4) is 0 Å². The standard InChI is InChI=1S/C22H36O/c1-2-3-4-5-6-7-8-9-10-11-12-13-14-15-16-17-18-19-20-21-22-23/h6-7,9-10,12-13,15-16,22H,2-5,8,11,14,17-21H2,1H3/b7-6+,10-9+,13-12+,16-15+. The van der Waals surface area contributed by atoms with Gasteiger partial charge in [-0.3, -0.25) is 0 Å². The van der Waals surface area contributed by atoms with E-state index >= 15 is 0 Å². The maximum atomic E-state index is 10.2. The summed E-state index contributed by atoms with van der Waals surface area (Å²) < 4.78 is 0.